The molecule has 4 rings (SSSR count). The van der Waals surface area contributed by atoms with Crippen LogP contribution in [0.4, 0.5) is 18.9 Å². The molecule has 3 aromatic rings. The fourth-order valence-electron chi connectivity index (χ4n) is 4.10. The van der Waals surface area contributed by atoms with E-state index >= 15 is 0 Å². The Bertz CT molecular complexity index is 1400. The zero-order chi connectivity index (χ0) is 27.0. The highest BCUT2D eigenvalue weighted by atomic mass is 32.2. The SMILES string of the molecule is CC(C)Cn1cc(-c2ccc3c(c2)N(S(=O)(=O)c2cccc(C(F)(F)F)c2)CC(CCC(=O)O)O3)cn1. The second-order valence-corrected chi connectivity index (χ2v) is 11.1. The smallest absolute Gasteiger partial charge is 0.416 e. The predicted molar refractivity (Wildman–Crippen MR) is 130 cm³/mol. The molecule has 0 bridgehead atoms. The molecular weight excluding hydrogens is 511 g/mol. The third-order valence-electron chi connectivity index (χ3n) is 5.84. The van der Waals surface area contributed by atoms with Crippen molar-refractivity contribution in [3.63, 3.8) is 0 Å². The van der Waals surface area contributed by atoms with Crippen LogP contribution >= 0.6 is 0 Å². The number of carboxylic acid groups (broad SMARTS) is 1. The number of benzene rings is 2. The van der Waals surface area contributed by atoms with Crippen molar-refractivity contribution in [2.45, 2.75) is 50.4 Å². The minimum Gasteiger partial charge on any atom is -0.486 e. The van der Waals surface area contributed by atoms with Crippen LogP contribution < -0.4 is 9.04 Å². The molecule has 12 heteroatoms. The van der Waals surface area contributed by atoms with E-state index < -0.39 is 38.7 Å². The van der Waals surface area contributed by atoms with Gasteiger partial charge in [-0.25, -0.2) is 8.42 Å². The molecule has 1 aromatic heterocycles. The minimum absolute atomic E-state index is 0.0209. The van der Waals surface area contributed by atoms with Gasteiger partial charge in [0, 0.05) is 24.7 Å². The number of aliphatic carboxylic acids is 1. The molecule has 0 aliphatic carbocycles. The average molecular weight is 538 g/mol. The van der Waals surface area contributed by atoms with E-state index in [-0.39, 0.29) is 30.8 Å². The summed E-state index contributed by atoms with van der Waals surface area (Å²) in [5.41, 5.74) is 0.437. The summed E-state index contributed by atoms with van der Waals surface area (Å²) in [6.45, 7) is 4.54. The summed E-state index contributed by atoms with van der Waals surface area (Å²) in [5, 5.41) is 13.4. The number of sulfonamides is 1. The fourth-order valence-corrected chi connectivity index (χ4v) is 5.65. The van der Waals surface area contributed by atoms with E-state index in [0.717, 1.165) is 28.1 Å². The lowest BCUT2D eigenvalue weighted by Crippen LogP contribution is -2.43. The summed E-state index contributed by atoms with van der Waals surface area (Å²) in [4.78, 5) is 10.6. The van der Waals surface area contributed by atoms with Crippen molar-refractivity contribution in [1.29, 1.82) is 0 Å². The van der Waals surface area contributed by atoms with Gasteiger partial charge in [-0.3, -0.25) is 13.8 Å². The minimum atomic E-state index is -4.72. The first-order chi connectivity index (χ1) is 17.3. The predicted octanol–water partition coefficient (Wildman–Crippen LogP) is 5.05. The zero-order valence-electron chi connectivity index (χ0n) is 20.1. The molecule has 8 nitrogen and oxygen atoms in total. The van der Waals surface area contributed by atoms with Crippen molar-refractivity contribution < 1.29 is 36.2 Å². The van der Waals surface area contributed by atoms with Gasteiger partial charge in [0.05, 0.1) is 28.9 Å². The van der Waals surface area contributed by atoms with Crippen LogP contribution in [0.15, 0.2) is 59.8 Å². The fraction of sp³-hybridized carbons (Fsp3) is 0.360. The van der Waals surface area contributed by atoms with Crippen LogP contribution in [0.25, 0.3) is 11.1 Å². The molecule has 198 valence electrons. The van der Waals surface area contributed by atoms with Crippen molar-refractivity contribution >= 4 is 21.7 Å². The number of anilines is 1. The molecule has 2 heterocycles. The first kappa shape index (κ1) is 26.5. The van der Waals surface area contributed by atoms with Gasteiger partial charge in [-0.05, 0) is 48.2 Å². The number of ether oxygens (including phenoxy) is 1. The Morgan fingerprint density at radius 3 is 2.62 bits per heavy atom. The number of fused-ring (bicyclic) bond motifs is 1. The summed E-state index contributed by atoms with van der Waals surface area (Å²) in [7, 11) is -4.45. The van der Waals surface area contributed by atoms with Gasteiger partial charge < -0.3 is 9.84 Å². The summed E-state index contributed by atoms with van der Waals surface area (Å²) in [6.07, 6.45) is -2.29. The number of carboxylic acids is 1. The molecule has 0 fully saturated rings. The molecule has 1 N–H and O–H groups in total. The first-order valence-electron chi connectivity index (χ1n) is 11.6. The second kappa shape index (κ2) is 10.1. The number of aromatic nitrogens is 2. The Kier molecular flexibility index (Phi) is 7.22. The first-order valence-corrected chi connectivity index (χ1v) is 13.0. The van der Waals surface area contributed by atoms with Gasteiger partial charge in [0.1, 0.15) is 11.9 Å². The monoisotopic (exact) mass is 537 g/mol. The Hall–Kier alpha value is -3.54. The van der Waals surface area contributed by atoms with Crippen molar-refractivity contribution in [1.82, 2.24) is 9.78 Å². The van der Waals surface area contributed by atoms with Gasteiger partial charge in [0.25, 0.3) is 10.0 Å². The van der Waals surface area contributed by atoms with Crippen molar-refractivity contribution in [2.24, 2.45) is 5.92 Å². The molecule has 37 heavy (non-hydrogen) atoms. The van der Waals surface area contributed by atoms with Gasteiger partial charge in [-0.15, -0.1) is 0 Å². The quantitative estimate of drug-likeness (QED) is 0.432. The van der Waals surface area contributed by atoms with Gasteiger partial charge in [-0.1, -0.05) is 26.0 Å². The van der Waals surface area contributed by atoms with Crippen LogP contribution in [0.1, 0.15) is 32.3 Å². The molecule has 1 unspecified atom stereocenters. The van der Waals surface area contributed by atoms with Crippen LogP contribution in [0, 0.1) is 5.92 Å². The van der Waals surface area contributed by atoms with Gasteiger partial charge >= 0.3 is 12.1 Å². The molecule has 0 saturated heterocycles. The summed E-state index contributed by atoms with van der Waals surface area (Å²) >= 11 is 0. The molecule has 0 radical (unpaired) electrons. The maximum absolute atomic E-state index is 13.7. The molecule has 1 aliphatic heterocycles. The Morgan fingerprint density at radius 2 is 1.95 bits per heavy atom. The van der Waals surface area contributed by atoms with Gasteiger partial charge in [0.2, 0.25) is 0 Å². The van der Waals surface area contributed by atoms with Gasteiger partial charge in [-0.2, -0.15) is 18.3 Å². The summed E-state index contributed by atoms with van der Waals surface area (Å²) in [6, 6.07) is 8.43. The average Bonchev–Trinajstić information content (AvgIpc) is 3.29. The lowest BCUT2D eigenvalue weighted by Gasteiger charge is -2.35. The number of rotatable bonds is 8. The third kappa shape index (κ3) is 5.90. The number of halogens is 3. The topological polar surface area (TPSA) is 102 Å². The lowest BCUT2D eigenvalue weighted by molar-refractivity contribution is -0.138. The largest absolute Gasteiger partial charge is 0.486 e. The highest BCUT2D eigenvalue weighted by molar-refractivity contribution is 7.92. The Balaban J connectivity index is 1.77. The highest BCUT2D eigenvalue weighted by Gasteiger charge is 2.37. The van der Waals surface area contributed by atoms with E-state index in [4.69, 9.17) is 9.84 Å². The van der Waals surface area contributed by atoms with Crippen LogP contribution in [-0.4, -0.2) is 41.9 Å². The van der Waals surface area contributed by atoms with E-state index in [2.05, 4.69) is 18.9 Å². The normalized spacial score (nSPS) is 15.9. The van der Waals surface area contributed by atoms with E-state index in [0.29, 0.717) is 24.1 Å². The maximum atomic E-state index is 13.7. The summed E-state index contributed by atoms with van der Waals surface area (Å²) in [5.74, 6) is -0.522. The van der Waals surface area contributed by atoms with Crippen LogP contribution in [0.3, 0.4) is 0 Å². The van der Waals surface area contributed by atoms with E-state index in [9.17, 15) is 26.4 Å². The van der Waals surface area contributed by atoms with E-state index in [1.807, 2.05) is 6.20 Å². The van der Waals surface area contributed by atoms with Crippen LogP contribution in [-0.2, 0) is 27.5 Å². The molecule has 1 atom stereocenters. The number of alkyl halides is 3. The molecule has 1 aliphatic rings. The van der Waals surface area contributed by atoms with E-state index in [1.165, 1.54) is 0 Å². The number of hydrogen-bond donors (Lipinski definition) is 1. The number of carbonyl (C=O) groups is 1. The van der Waals surface area contributed by atoms with E-state index in [1.54, 1.807) is 29.1 Å². The molecule has 0 amide bonds. The molecule has 0 saturated carbocycles. The molecule has 2 aromatic carbocycles. The van der Waals surface area contributed by atoms with Gasteiger partial charge in [0.15, 0.2) is 0 Å². The highest BCUT2D eigenvalue weighted by Crippen LogP contribution is 2.41. The third-order valence-corrected chi connectivity index (χ3v) is 7.61. The number of nitrogens with zero attached hydrogens (tertiary/aromatic N) is 3. The van der Waals surface area contributed by atoms with Crippen molar-refractivity contribution in [3.05, 3.63) is 60.4 Å². The van der Waals surface area contributed by atoms with Crippen molar-refractivity contribution in [2.75, 3.05) is 10.8 Å². The molecule has 0 spiro atoms. The lowest BCUT2D eigenvalue weighted by atomic mass is 10.1. The summed E-state index contributed by atoms with van der Waals surface area (Å²) < 4.78 is 75.9. The zero-order valence-corrected chi connectivity index (χ0v) is 21.0. The Labute approximate surface area is 212 Å². The Morgan fingerprint density at radius 1 is 1.19 bits per heavy atom. The number of hydrogen-bond acceptors (Lipinski definition) is 5. The second-order valence-electron chi connectivity index (χ2n) is 9.26. The van der Waals surface area contributed by atoms with Crippen molar-refractivity contribution in [3.8, 4) is 16.9 Å². The maximum Gasteiger partial charge on any atom is 0.416 e. The van der Waals surface area contributed by atoms with Crippen LogP contribution in [0.5, 0.6) is 5.75 Å². The van der Waals surface area contributed by atoms with Crippen LogP contribution in [0.2, 0.25) is 0 Å². The standard InChI is InChI=1S/C25H26F3N3O5S/c1-16(2)13-30-14-18(12-29-30)17-6-8-23-22(10-17)31(15-20(36-23)7-9-24(32)33)37(34,35)21-5-3-4-19(11-21)25(26,27)28/h3-6,8,10-12,14,16,20H,7,9,13,15H2,1-2H3,(H,32,33). The molecular formula is C25H26F3N3O5S.